The third-order valence-electron chi connectivity index (χ3n) is 13.2. The van der Waals surface area contributed by atoms with E-state index in [1.807, 2.05) is 67.5 Å². The highest BCUT2D eigenvalue weighted by Gasteiger charge is 2.40. The molecule has 0 spiro atoms. The van der Waals surface area contributed by atoms with Crippen LogP contribution in [0.2, 0.25) is 0 Å². The summed E-state index contributed by atoms with van der Waals surface area (Å²) in [6.45, 7) is 9.07. The van der Waals surface area contributed by atoms with E-state index in [9.17, 15) is 19.5 Å². The number of aromatic amines is 2. The fraction of sp³-hybridized carbons (Fsp3) is 0.458. The lowest BCUT2D eigenvalue weighted by Gasteiger charge is -2.35. The maximum atomic E-state index is 16.9. The minimum absolute atomic E-state index is 0.0850. The number of aliphatic hydroxyl groups is 1. The highest BCUT2D eigenvalue weighted by molar-refractivity contribution is 7.11. The molecular weight excluding hydrogens is 896 g/mol. The number of halogens is 1. The lowest BCUT2D eigenvalue weighted by atomic mass is 10.0. The lowest BCUT2D eigenvalue weighted by molar-refractivity contribution is -0.135. The van der Waals surface area contributed by atoms with Crippen LogP contribution in [0.5, 0.6) is 5.75 Å². The Kier molecular flexibility index (Phi) is 13.3. The molecule has 9 rings (SSSR count). The number of aromatic nitrogens is 6. The summed E-state index contributed by atoms with van der Waals surface area (Å²) in [7, 11) is 4.18. The molecule has 360 valence electrons. The van der Waals surface area contributed by atoms with Gasteiger partial charge in [-0.15, -0.1) is 11.3 Å². The first-order valence-corrected chi connectivity index (χ1v) is 23.7. The number of fused-ring (bicyclic) bond motifs is 5. The van der Waals surface area contributed by atoms with Gasteiger partial charge in [0.25, 0.3) is 0 Å². The number of nitrogens with zero attached hydrogens (tertiary/aromatic N) is 6. The van der Waals surface area contributed by atoms with Crippen molar-refractivity contribution in [1.29, 1.82) is 0 Å². The van der Waals surface area contributed by atoms with Crippen LogP contribution in [0.15, 0.2) is 55.0 Å². The molecule has 6 atom stereocenters. The number of imidazole rings is 2. The molecule has 0 aliphatic carbocycles. The number of carbonyl (C=O) groups excluding carboxylic acids is 3. The van der Waals surface area contributed by atoms with Gasteiger partial charge in [-0.25, -0.2) is 28.9 Å². The first-order chi connectivity index (χ1) is 32.8. The number of H-pyrrole nitrogens is 2. The van der Waals surface area contributed by atoms with Gasteiger partial charge in [0.15, 0.2) is 0 Å². The van der Waals surface area contributed by atoms with E-state index in [4.69, 9.17) is 28.9 Å². The van der Waals surface area contributed by atoms with Gasteiger partial charge < -0.3 is 49.6 Å². The number of carbonyl (C=O) groups is 3. The van der Waals surface area contributed by atoms with E-state index in [1.54, 1.807) is 30.6 Å². The Bertz CT molecular complexity index is 2820. The molecule has 3 aliphatic rings. The molecule has 0 radical (unpaired) electrons. The van der Waals surface area contributed by atoms with Crippen molar-refractivity contribution < 1.29 is 42.8 Å². The number of benzene rings is 2. The van der Waals surface area contributed by atoms with Crippen molar-refractivity contribution in [1.82, 2.24) is 49.9 Å². The average molecular weight is 953 g/mol. The van der Waals surface area contributed by atoms with Crippen LogP contribution >= 0.6 is 11.3 Å². The summed E-state index contributed by atoms with van der Waals surface area (Å²) < 4.78 is 40.7. The number of nitrogens with one attached hydrogen (secondary N) is 4. The van der Waals surface area contributed by atoms with Gasteiger partial charge in [-0.2, -0.15) is 0 Å². The predicted octanol–water partition coefficient (Wildman–Crippen LogP) is 7.65. The number of amides is 3. The van der Waals surface area contributed by atoms with Crippen molar-refractivity contribution in [2.45, 2.75) is 96.6 Å². The molecule has 0 bridgehead atoms. The van der Waals surface area contributed by atoms with E-state index in [0.717, 1.165) is 51.3 Å². The highest BCUT2D eigenvalue weighted by Crippen LogP contribution is 2.48. The van der Waals surface area contributed by atoms with Crippen molar-refractivity contribution in [2.24, 2.45) is 11.8 Å². The fourth-order valence-corrected chi connectivity index (χ4v) is 10.7. The zero-order valence-electron chi connectivity index (χ0n) is 39.0. The van der Waals surface area contributed by atoms with E-state index >= 15 is 4.39 Å². The molecule has 3 amide bonds. The van der Waals surface area contributed by atoms with Crippen LogP contribution in [0.25, 0.3) is 44.7 Å². The normalized spacial score (nSPS) is 19.5. The maximum Gasteiger partial charge on any atom is 0.407 e. The summed E-state index contributed by atoms with van der Waals surface area (Å²) in [6, 6.07) is 9.35. The van der Waals surface area contributed by atoms with Crippen LogP contribution in [0.3, 0.4) is 0 Å². The van der Waals surface area contributed by atoms with Gasteiger partial charge in [0.05, 0.1) is 84.4 Å². The number of hydrogen-bond acceptors (Lipinski definition) is 13. The van der Waals surface area contributed by atoms with E-state index in [2.05, 4.69) is 25.6 Å². The van der Waals surface area contributed by atoms with Crippen LogP contribution < -0.4 is 15.4 Å². The summed E-state index contributed by atoms with van der Waals surface area (Å²) in [6.07, 6.45) is 5.27. The van der Waals surface area contributed by atoms with Crippen molar-refractivity contribution in [3.63, 3.8) is 0 Å². The maximum absolute atomic E-state index is 16.9. The van der Waals surface area contributed by atoms with Gasteiger partial charge in [-0.05, 0) is 67.9 Å². The van der Waals surface area contributed by atoms with Gasteiger partial charge >= 0.3 is 12.2 Å². The molecule has 2 aromatic carbocycles. The van der Waals surface area contributed by atoms with Gasteiger partial charge in [0.1, 0.15) is 40.5 Å². The molecule has 6 aromatic rings. The largest absolute Gasteiger partial charge is 0.464 e. The van der Waals surface area contributed by atoms with Crippen LogP contribution in [0, 0.1) is 17.7 Å². The monoisotopic (exact) mass is 952 g/mol. The first-order valence-electron chi connectivity index (χ1n) is 22.9. The second kappa shape index (κ2) is 19.3. The molecule has 18 nitrogen and oxygen atoms in total. The van der Waals surface area contributed by atoms with Crippen LogP contribution in [0.4, 0.5) is 14.0 Å². The van der Waals surface area contributed by atoms with Crippen LogP contribution in [-0.2, 0) is 25.6 Å². The Labute approximate surface area is 396 Å². The second-order valence-corrected chi connectivity index (χ2v) is 19.3. The number of methoxy groups -OCH3 is 3. The lowest BCUT2D eigenvalue weighted by Crippen LogP contribution is -2.54. The quantitative estimate of drug-likeness (QED) is 0.0712. The summed E-state index contributed by atoms with van der Waals surface area (Å²) in [5.41, 5.74) is 4.46. The fourth-order valence-electron chi connectivity index (χ4n) is 9.80. The standard InChI is InChI=1S/C48H57FN10O8S/c1-24(2)40(55-47(62)65-6)44(60)57-14-8-10-33(57)42-51-20-30(53-42)26-12-13-32-28(16-26)18-35-39-29(49)17-27(19-36(39)67-46(59(32)35)37-22-50-38(68-37)23-64-5)31-21-52-43(54-31)34-11-9-15-58(34)45(61)41(25(3)4)56-48(63)66-7/h12-13,16-22,24-25,33-34,40-41,45-46,61H,8-11,14-15,23H2,1-7H3,(H,51,53)(H,52,54)(H,55,62)(H,56,63)/t33-,34-,40-,41-,45?,46?/m0/s1. The molecule has 4 aromatic heterocycles. The van der Waals surface area contributed by atoms with E-state index in [1.165, 1.54) is 31.6 Å². The molecule has 0 saturated carbocycles. The van der Waals surface area contributed by atoms with Crippen molar-refractivity contribution in [3.05, 3.63) is 82.3 Å². The Hall–Kier alpha value is -6.35. The Balaban J connectivity index is 1.03. The van der Waals surface area contributed by atoms with Gasteiger partial charge in [0, 0.05) is 42.9 Å². The van der Waals surface area contributed by atoms with Gasteiger partial charge in [-0.3, -0.25) is 14.3 Å². The average Bonchev–Trinajstić information content (AvgIpc) is 4.19. The zero-order chi connectivity index (χ0) is 48.0. The molecule has 3 aliphatic heterocycles. The van der Waals surface area contributed by atoms with Gasteiger partial charge in [0.2, 0.25) is 12.1 Å². The summed E-state index contributed by atoms with van der Waals surface area (Å²) >= 11 is 1.46. The number of thiazole rings is 1. The second-order valence-electron chi connectivity index (χ2n) is 18.2. The first kappa shape index (κ1) is 46.7. The number of hydrogen-bond donors (Lipinski definition) is 5. The number of likely N-dealkylation sites (tertiary alicyclic amines) is 2. The SMILES string of the molecule is COCc1ncc(C2Oc3cc(-c4cnc([C@@H]5CCCN5C(O)[C@@H](NC(=O)OC)C(C)C)[nH]4)cc(F)c3-c3cc4cc(-c5cnc([C@@H]6CCCN6C(=O)[C@@H](NC(=O)OC)C(C)C)[nH]5)ccc4n32)s1. The molecular formula is C48H57FN10O8S. The van der Waals surface area contributed by atoms with Crippen molar-refractivity contribution in [3.8, 4) is 39.5 Å². The van der Waals surface area contributed by atoms with E-state index < -0.39 is 42.5 Å². The zero-order valence-corrected chi connectivity index (χ0v) is 39.9. The molecule has 2 fully saturated rings. The Morgan fingerprint density at radius 3 is 2.26 bits per heavy atom. The smallest absolute Gasteiger partial charge is 0.407 e. The Morgan fingerprint density at radius 1 is 0.868 bits per heavy atom. The number of aliphatic hydroxyl groups excluding tert-OH is 1. The molecule has 68 heavy (non-hydrogen) atoms. The van der Waals surface area contributed by atoms with Crippen molar-refractivity contribution >= 4 is 40.3 Å². The third-order valence-corrected chi connectivity index (χ3v) is 14.2. The third kappa shape index (κ3) is 8.81. The summed E-state index contributed by atoms with van der Waals surface area (Å²) in [4.78, 5) is 63.5. The minimum atomic E-state index is -1.00. The van der Waals surface area contributed by atoms with Crippen LogP contribution in [0.1, 0.15) is 93.2 Å². The highest BCUT2D eigenvalue weighted by atomic mass is 32.1. The molecule has 2 saturated heterocycles. The summed E-state index contributed by atoms with van der Waals surface area (Å²) in [5, 5.41) is 18.6. The molecule has 5 N–H and O–H groups in total. The number of rotatable bonds is 14. The predicted molar refractivity (Wildman–Crippen MR) is 251 cm³/mol. The minimum Gasteiger partial charge on any atom is -0.464 e. The number of alkyl carbamates (subject to hydrolysis) is 2. The van der Waals surface area contributed by atoms with E-state index in [0.29, 0.717) is 66.0 Å². The Morgan fingerprint density at radius 2 is 1.56 bits per heavy atom. The summed E-state index contributed by atoms with van der Waals surface area (Å²) in [5.74, 6) is 0.699. The topological polar surface area (TPSA) is 214 Å². The van der Waals surface area contributed by atoms with Crippen molar-refractivity contribution in [2.75, 3.05) is 34.4 Å². The van der Waals surface area contributed by atoms with E-state index in [-0.39, 0.29) is 29.8 Å². The molecule has 20 heteroatoms. The van der Waals surface area contributed by atoms with Crippen LogP contribution in [-0.4, -0.2) is 115 Å². The molecule has 2 unspecified atom stereocenters. The number of ether oxygens (including phenoxy) is 4. The molecule has 7 heterocycles. The van der Waals surface area contributed by atoms with Gasteiger partial charge in [-0.1, -0.05) is 33.8 Å².